The molecule has 4 heteroatoms. The van der Waals surface area contributed by atoms with E-state index in [-0.39, 0.29) is 5.91 Å². The summed E-state index contributed by atoms with van der Waals surface area (Å²) in [7, 11) is 0. The molecule has 0 aliphatic carbocycles. The van der Waals surface area contributed by atoms with Gasteiger partial charge in [0.15, 0.2) is 6.04 Å². The highest BCUT2D eigenvalue weighted by molar-refractivity contribution is 5.89. The molecule has 0 aromatic rings. The molecule has 0 saturated carbocycles. The predicted octanol–water partition coefficient (Wildman–Crippen LogP) is 0.248. The third-order valence-electron chi connectivity index (χ3n) is 1.90. The van der Waals surface area contributed by atoms with Crippen LogP contribution >= 0.6 is 0 Å². The zero-order valence-electron chi connectivity index (χ0n) is 6.91. The summed E-state index contributed by atoms with van der Waals surface area (Å²) in [6.07, 6.45) is 0.455. The Morgan fingerprint density at radius 3 is 2.42 bits per heavy atom. The third kappa shape index (κ3) is 1.32. The Kier molecular flexibility index (Phi) is 2.17. The molecule has 0 radical (unpaired) electrons. The van der Waals surface area contributed by atoms with Crippen molar-refractivity contribution in [3.63, 3.8) is 0 Å². The Bertz CT molecular complexity index is 233. The Labute approximate surface area is 70.5 Å². The lowest BCUT2D eigenvalue weighted by atomic mass is 10.0. The Morgan fingerprint density at radius 1 is 1.75 bits per heavy atom. The van der Waals surface area contributed by atoms with E-state index >= 15 is 0 Å². The number of hydrogen-bond acceptors (Lipinski definition) is 2. The number of carboxylic acid groups (broad SMARTS) is 1. The molecule has 0 bridgehead atoms. The lowest BCUT2D eigenvalue weighted by Gasteiger charge is -2.35. The number of amides is 1. The monoisotopic (exact) mass is 169 g/mol. The summed E-state index contributed by atoms with van der Waals surface area (Å²) in [6.45, 7) is 5.69. The van der Waals surface area contributed by atoms with Crippen LogP contribution in [0.3, 0.4) is 0 Å². The number of carbonyl (C=O) groups is 2. The molecule has 0 aromatic carbocycles. The second kappa shape index (κ2) is 2.97. The van der Waals surface area contributed by atoms with Crippen LogP contribution in [0.15, 0.2) is 12.2 Å². The van der Waals surface area contributed by atoms with Crippen molar-refractivity contribution in [2.75, 3.05) is 6.54 Å². The molecule has 1 amide bonds. The largest absolute Gasteiger partial charge is 0.479 e. The summed E-state index contributed by atoms with van der Waals surface area (Å²) in [5, 5.41) is 8.74. The van der Waals surface area contributed by atoms with E-state index in [1.54, 1.807) is 6.92 Å². The molecule has 1 saturated heterocycles. The van der Waals surface area contributed by atoms with Crippen LogP contribution in [0.5, 0.6) is 0 Å². The van der Waals surface area contributed by atoms with E-state index in [1.165, 1.54) is 4.90 Å². The first-order valence-corrected chi connectivity index (χ1v) is 3.71. The zero-order valence-corrected chi connectivity index (χ0v) is 6.91. The van der Waals surface area contributed by atoms with Crippen LogP contribution < -0.4 is 0 Å². The Hall–Kier alpha value is -1.32. The van der Waals surface area contributed by atoms with Gasteiger partial charge in [0.1, 0.15) is 0 Å². The number of hydrogen-bond donors (Lipinski definition) is 1. The van der Waals surface area contributed by atoms with Gasteiger partial charge in [-0.2, -0.15) is 0 Å². The van der Waals surface area contributed by atoms with Crippen LogP contribution in [0.4, 0.5) is 0 Å². The standard InChI is InChI=1S/C8H11NO3/c1-5(2)7(8(11)12)9-4-3-6(9)10/h7H,1,3-4H2,2H3,(H,11,12). The van der Waals surface area contributed by atoms with Crippen molar-refractivity contribution in [1.29, 1.82) is 0 Å². The molecule has 0 aromatic heterocycles. The molecular weight excluding hydrogens is 158 g/mol. The van der Waals surface area contributed by atoms with Crippen LogP contribution in [-0.2, 0) is 9.59 Å². The molecule has 12 heavy (non-hydrogen) atoms. The molecule has 1 rings (SSSR count). The van der Waals surface area contributed by atoms with Crippen molar-refractivity contribution in [2.24, 2.45) is 0 Å². The summed E-state index contributed by atoms with van der Waals surface area (Å²) in [6, 6.07) is -0.828. The fourth-order valence-electron chi connectivity index (χ4n) is 1.22. The van der Waals surface area contributed by atoms with Crippen molar-refractivity contribution < 1.29 is 14.7 Å². The minimum absolute atomic E-state index is 0.106. The molecule has 1 fully saturated rings. The number of nitrogens with zero attached hydrogens (tertiary/aromatic N) is 1. The highest BCUT2D eigenvalue weighted by Gasteiger charge is 2.35. The molecule has 1 aliphatic heterocycles. The Balaban J connectivity index is 2.72. The predicted molar refractivity (Wildman–Crippen MR) is 42.6 cm³/mol. The molecule has 1 N–H and O–H groups in total. The molecule has 4 nitrogen and oxygen atoms in total. The summed E-state index contributed by atoms with van der Waals surface area (Å²) in [4.78, 5) is 22.9. The number of aliphatic carboxylic acids is 1. The number of carboxylic acids is 1. The number of β-lactam (4-membered cyclic amide) rings is 1. The topological polar surface area (TPSA) is 57.6 Å². The molecule has 1 aliphatic rings. The van der Waals surface area contributed by atoms with E-state index in [4.69, 9.17) is 5.11 Å². The van der Waals surface area contributed by atoms with Crippen LogP contribution in [0.25, 0.3) is 0 Å². The van der Waals surface area contributed by atoms with Gasteiger partial charge in [-0.1, -0.05) is 6.58 Å². The fourth-order valence-corrected chi connectivity index (χ4v) is 1.22. The van der Waals surface area contributed by atoms with Gasteiger partial charge in [-0.3, -0.25) is 4.79 Å². The minimum atomic E-state index is -1.00. The summed E-state index contributed by atoms with van der Waals surface area (Å²) < 4.78 is 0. The molecule has 0 spiro atoms. The number of carbonyl (C=O) groups excluding carboxylic acids is 1. The summed E-state index contributed by atoms with van der Waals surface area (Å²) in [5.41, 5.74) is 0.496. The summed E-state index contributed by atoms with van der Waals surface area (Å²) in [5.74, 6) is -1.11. The summed E-state index contributed by atoms with van der Waals surface area (Å²) >= 11 is 0. The van der Waals surface area contributed by atoms with Gasteiger partial charge in [-0.05, 0) is 12.5 Å². The number of rotatable bonds is 3. The second-order valence-electron chi connectivity index (χ2n) is 2.92. The van der Waals surface area contributed by atoms with Crippen LogP contribution in [0, 0.1) is 0 Å². The minimum Gasteiger partial charge on any atom is -0.479 e. The lowest BCUT2D eigenvalue weighted by molar-refractivity contribution is -0.154. The van der Waals surface area contributed by atoms with Gasteiger partial charge in [-0.15, -0.1) is 0 Å². The SMILES string of the molecule is C=C(C)C(C(=O)O)N1CCC1=O. The second-order valence-corrected chi connectivity index (χ2v) is 2.92. The van der Waals surface area contributed by atoms with E-state index in [1.807, 2.05) is 0 Å². The molecular formula is C8H11NO3. The van der Waals surface area contributed by atoms with Gasteiger partial charge in [0.2, 0.25) is 5.91 Å². The highest BCUT2D eigenvalue weighted by Crippen LogP contribution is 2.17. The average Bonchev–Trinajstić information content (AvgIpc) is 1.95. The van der Waals surface area contributed by atoms with Crippen LogP contribution in [-0.4, -0.2) is 34.5 Å². The average molecular weight is 169 g/mol. The highest BCUT2D eigenvalue weighted by atomic mass is 16.4. The van der Waals surface area contributed by atoms with Crippen molar-refractivity contribution in [3.8, 4) is 0 Å². The zero-order chi connectivity index (χ0) is 9.30. The van der Waals surface area contributed by atoms with Crippen molar-refractivity contribution >= 4 is 11.9 Å². The van der Waals surface area contributed by atoms with Gasteiger partial charge in [0.25, 0.3) is 0 Å². The normalized spacial score (nSPS) is 18.4. The quantitative estimate of drug-likeness (QED) is 0.486. The Morgan fingerprint density at radius 2 is 2.33 bits per heavy atom. The van der Waals surface area contributed by atoms with Gasteiger partial charge >= 0.3 is 5.97 Å². The van der Waals surface area contributed by atoms with E-state index < -0.39 is 12.0 Å². The van der Waals surface area contributed by atoms with E-state index in [0.29, 0.717) is 18.5 Å². The van der Waals surface area contributed by atoms with Crippen LogP contribution in [0.2, 0.25) is 0 Å². The van der Waals surface area contributed by atoms with Crippen molar-refractivity contribution in [3.05, 3.63) is 12.2 Å². The molecule has 1 unspecified atom stereocenters. The van der Waals surface area contributed by atoms with Crippen LogP contribution in [0.1, 0.15) is 13.3 Å². The molecule has 66 valence electrons. The van der Waals surface area contributed by atoms with Gasteiger partial charge in [-0.25, -0.2) is 4.79 Å². The van der Waals surface area contributed by atoms with Gasteiger partial charge < -0.3 is 10.0 Å². The number of likely N-dealkylation sites (tertiary alicyclic amines) is 1. The fraction of sp³-hybridized carbons (Fsp3) is 0.500. The van der Waals surface area contributed by atoms with E-state index in [9.17, 15) is 9.59 Å². The van der Waals surface area contributed by atoms with Gasteiger partial charge in [0.05, 0.1) is 0 Å². The molecule has 1 atom stereocenters. The smallest absolute Gasteiger partial charge is 0.330 e. The van der Waals surface area contributed by atoms with E-state index in [0.717, 1.165) is 0 Å². The first-order chi connectivity index (χ1) is 5.54. The lowest BCUT2D eigenvalue weighted by Crippen LogP contribution is -2.53. The van der Waals surface area contributed by atoms with Crippen molar-refractivity contribution in [1.82, 2.24) is 4.90 Å². The first kappa shape index (κ1) is 8.77. The maximum Gasteiger partial charge on any atom is 0.330 e. The van der Waals surface area contributed by atoms with E-state index in [2.05, 4.69) is 6.58 Å². The maximum absolute atomic E-state index is 10.9. The van der Waals surface area contributed by atoms with Gasteiger partial charge in [0, 0.05) is 13.0 Å². The first-order valence-electron chi connectivity index (χ1n) is 3.71. The molecule has 1 heterocycles. The third-order valence-corrected chi connectivity index (χ3v) is 1.90. The van der Waals surface area contributed by atoms with Crippen molar-refractivity contribution in [2.45, 2.75) is 19.4 Å². The maximum atomic E-state index is 10.9.